The SMILES string of the molecule is Cc1c(-c2ccccc2Cl)c2cc3c(C)coc3c(C)c2[nH]c1=O. The van der Waals surface area contributed by atoms with Crippen molar-refractivity contribution in [3.05, 3.63) is 68.7 Å². The third kappa shape index (κ3) is 2.01. The van der Waals surface area contributed by atoms with Gasteiger partial charge in [-0.15, -0.1) is 0 Å². The second kappa shape index (κ2) is 5.25. The van der Waals surface area contributed by atoms with Crippen molar-refractivity contribution in [2.45, 2.75) is 20.8 Å². The molecule has 0 saturated carbocycles. The minimum atomic E-state index is -0.108. The number of aromatic nitrogens is 1. The van der Waals surface area contributed by atoms with Gasteiger partial charge in [0, 0.05) is 38.0 Å². The average molecular weight is 338 g/mol. The van der Waals surface area contributed by atoms with Crippen LogP contribution in [0.4, 0.5) is 0 Å². The summed E-state index contributed by atoms with van der Waals surface area (Å²) in [6.45, 7) is 5.82. The number of halogens is 1. The van der Waals surface area contributed by atoms with E-state index in [0.29, 0.717) is 10.6 Å². The van der Waals surface area contributed by atoms with Crippen LogP contribution < -0.4 is 5.56 Å². The van der Waals surface area contributed by atoms with Crippen LogP contribution >= 0.6 is 11.6 Å². The molecule has 0 spiro atoms. The van der Waals surface area contributed by atoms with Gasteiger partial charge < -0.3 is 9.40 Å². The lowest BCUT2D eigenvalue weighted by molar-refractivity contribution is 0.611. The highest BCUT2D eigenvalue weighted by atomic mass is 35.5. The molecule has 120 valence electrons. The van der Waals surface area contributed by atoms with Gasteiger partial charge in [-0.05, 0) is 38.5 Å². The number of aryl methyl sites for hydroxylation is 2. The molecule has 0 aliphatic carbocycles. The van der Waals surface area contributed by atoms with Crippen molar-refractivity contribution < 1.29 is 4.42 Å². The molecule has 4 rings (SSSR count). The first kappa shape index (κ1) is 15.0. The van der Waals surface area contributed by atoms with E-state index in [2.05, 4.69) is 11.1 Å². The molecule has 0 amide bonds. The van der Waals surface area contributed by atoms with Gasteiger partial charge in [-0.3, -0.25) is 4.79 Å². The van der Waals surface area contributed by atoms with Crippen molar-refractivity contribution in [2.75, 3.05) is 0 Å². The van der Waals surface area contributed by atoms with Crippen molar-refractivity contribution in [3.63, 3.8) is 0 Å². The summed E-state index contributed by atoms with van der Waals surface area (Å²) in [4.78, 5) is 15.5. The predicted molar refractivity (Wildman–Crippen MR) is 99.0 cm³/mol. The molecule has 0 unspecified atom stereocenters. The normalized spacial score (nSPS) is 11.5. The molecule has 2 heterocycles. The Kier molecular flexibility index (Phi) is 3.29. The maximum Gasteiger partial charge on any atom is 0.251 e. The Labute approximate surface area is 143 Å². The second-order valence-corrected chi connectivity index (χ2v) is 6.56. The average Bonchev–Trinajstić information content (AvgIpc) is 2.93. The van der Waals surface area contributed by atoms with Crippen LogP contribution in [-0.2, 0) is 0 Å². The van der Waals surface area contributed by atoms with Gasteiger partial charge in [0.05, 0.1) is 11.8 Å². The molecule has 0 aliphatic heterocycles. The minimum absolute atomic E-state index is 0.108. The van der Waals surface area contributed by atoms with E-state index in [1.54, 1.807) is 6.26 Å². The summed E-state index contributed by atoms with van der Waals surface area (Å²) in [5.74, 6) is 0. The summed E-state index contributed by atoms with van der Waals surface area (Å²) in [5.41, 5.74) is 5.91. The second-order valence-electron chi connectivity index (χ2n) is 6.15. The maximum atomic E-state index is 12.5. The van der Waals surface area contributed by atoms with Crippen LogP contribution in [0.5, 0.6) is 0 Å². The smallest absolute Gasteiger partial charge is 0.251 e. The van der Waals surface area contributed by atoms with E-state index in [4.69, 9.17) is 16.0 Å². The van der Waals surface area contributed by atoms with Crippen LogP contribution in [0, 0.1) is 20.8 Å². The molecule has 2 aromatic carbocycles. The fourth-order valence-electron chi connectivity index (χ4n) is 3.35. The van der Waals surface area contributed by atoms with E-state index in [9.17, 15) is 4.79 Å². The first-order chi connectivity index (χ1) is 11.5. The number of nitrogens with one attached hydrogen (secondary N) is 1. The summed E-state index contributed by atoms with van der Waals surface area (Å²) < 4.78 is 5.68. The lowest BCUT2D eigenvalue weighted by Crippen LogP contribution is -2.12. The molecular formula is C20H16ClNO2. The molecule has 2 aromatic heterocycles. The highest BCUT2D eigenvalue weighted by Gasteiger charge is 2.18. The van der Waals surface area contributed by atoms with Gasteiger partial charge in [-0.25, -0.2) is 0 Å². The molecule has 4 heteroatoms. The van der Waals surface area contributed by atoms with Crippen molar-refractivity contribution >= 4 is 33.5 Å². The quantitative estimate of drug-likeness (QED) is 0.497. The number of aromatic amines is 1. The van der Waals surface area contributed by atoms with E-state index >= 15 is 0 Å². The zero-order chi connectivity index (χ0) is 17.0. The molecule has 0 radical (unpaired) electrons. The Balaban J connectivity index is 2.28. The molecule has 0 bridgehead atoms. The lowest BCUT2D eigenvalue weighted by Gasteiger charge is -2.13. The molecular weight excluding hydrogens is 322 g/mol. The van der Waals surface area contributed by atoms with Crippen LogP contribution in [0.3, 0.4) is 0 Å². The third-order valence-electron chi connectivity index (χ3n) is 4.66. The Hall–Kier alpha value is -2.52. The molecule has 0 aliphatic rings. The maximum absolute atomic E-state index is 12.5. The van der Waals surface area contributed by atoms with Crippen LogP contribution in [-0.4, -0.2) is 4.98 Å². The first-order valence-corrected chi connectivity index (χ1v) is 8.15. The van der Waals surface area contributed by atoms with Crippen molar-refractivity contribution in [1.82, 2.24) is 4.98 Å². The van der Waals surface area contributed by atoms with Crippen molar-refractivity contribution in [1.29, 1.82) is 0 Å². The minimum Gasteiger partial charge on any atom is -0.464 e. The molecule has 24 heavy (non-hydrogen) atoms. The zero-order valence-electron chi connectivity index (χ0n) is 13.7. The third-order valence-corrected chi connectivity index (χ3v) is 4.99. The van der Waals surface area contributed by atoms with Gasteiger partial charge in [0.2, 0.25) is 0 Å². The summed E-state index contributed by atoms with van der Waals surface area (Å²) in [6, 6.07) is 9.70. The predicted octanol–water partition coefficient (Wildman–Crippen LogP) is 5.52. The molecule has 1 N–H and O–H groups in total. The van der Waals surface area contributed by atoms with Crippen LogP contribution in [0.2, 0.25) is 5.02 Å². The van der Waals surface area contributed by atoms with E-state index in [1.807, 2.05) is 45.0 Å². The number of furan rings is 1. The highest BCUT2D eigenvalue weighted by molar-refractivity contribution is 6.33. The number of fused-ring (bicyclic) bond motifs is 2. The van der Waals surface area contributed by atoms with Gasteiger partial charge >= 0.3 is 0 Å². The molecule has 3 nitrogen and oxygen atoms in total. The first-order valence-electron chi connectivity index (χ1n) is 7.78. The van der Waals surface area contributed by atoms with Crippen LogP contribution in [0.1, 0.15) is 16.7 Å². The molecule has 4 aromatic rings. The van der Waals surface area contributed by atoms with Crippen LogP contribution in [0.15, 0.2) is 45.8 Å². The Morgan fingerprint density at radius 2 is 1.79 bits per heavy atom. The summed E-state index contributed by atoms with van der Waals surface area (Å²) in [6.07, 6.45) is 1.75. The van der Waals surface area contributed by atoms with Gasteiger partial charge in [-0.1, -0.05) is 29.8 Å². The zero-order valence-corrected chi connectivity index (χ0v) is 14.4. The monoisotopic (exact) mass is 337 g/mol. The number of hydrogen-bond donors (Lipinski definition) is 1. The van der Waals surface area contributed by atoms with Gasteiger partial charge in [0.1, 0.15) is 5.58 Å². The molecule has 0 saturated heterocycles. The largest absolute Gasteiger partial charge is 0.464 e. The van der Waals surface area contributed by atoms with Gasteiger partial charge in [0.25, 0.3) is 5.56 Å². The van der Waals surface area contributed by atoms with E-state index in [1.165, 1.54) is 0 Å². The number of pyridine rings is 1. The fraction of sp³-hybridized carbons (Fsp3) is 0.150. The lowest BCUT2D eigenvalue weighted by atomic mass is 9.94. The fourth-order valence-corrected chi connectivity index (χ4v) is 3.58. The van der Waals surface area contributed by atoms with Crippen LogP contribution in [0.25, 0.3) is 33.0 Å². The van der Waals surface area contributed by atoms with Crippen molar-refractivity contribution in [3.8, 4) is 11.1 Å². The van der Waals surface area contributed by atoms with Gasteiger partial charge in [-0.2, -0.15) is 0 Å². The molecule has 0 fully saturated rings. The summed E-state index contributed by atoms with van der Waals surface area (Å²) >= 11 is 6.42. The Morgan fingerprint density at radius 3 is 2.54 bits per heavy atom. The number of rotatable bonds is 1. The topological polar surface area (TPSA) is 46.0 Å². The van der Waals surface area contributed by atoms with E-state index < -0.39 is 0 Å². The summed E-state index contributed by atoms with van der Waals surface area (Å²) in [5, 5.41) is 2.67. The van der Waals surface area contributed by atoms with Crippen molar-refractivity contribution in [2.24, 2.45) is 0 Å². The summed E-state index contributed by atoms with van der Waals surface area (Å²) in [7, 11) is 0. The number of hydrogen-bond acceptors (Lipinski definition) is 2. The Bertz CT molecular complexity index is 1170. The number of benzene rings is 2. The van der Waals surface area contributed by atoms with Gasteiger partial charge in [0.15, 0.2) is 0 Å². The highest BCUT2D eigenvalue weighted by Crippen LogP contribution is 2.38. The molecule has 0 atom stereocenters. The van der Waals surface area contributed by atoms with E-state index in [-0.39, 0.29) is 5.56 Å². The number of H-pyrrole nitrogens is 1. The Morgan fingerprint density at radius 1 is 1.04 bits per heavy atom. The standard InChI is InChI=1S/C20H16ClNO2/c1-10-9-24-19-12(3)18-15(8-14(10)19)17(11(2)20(23)22-18)13-6-4-5-7-16(13)21/h4-9H,1-3H3,(H,22,23). The van der Waals surface area contributed by atoms with E-state index in [0.717, 1.165) is 44.1 Å².